The van der Waals surface area contributed by atoms with Gasteiger partial charge in [0.1, 0.15) is 0 Å². The summed E-state index contributed by atoms with van der Waals surface area (Å²) in [5.74, 6) is 0.230. The highest BCUT2D eigenvalue weighted by atomic mass is 35.5. The Hall–Kier alpha value is -1.75. The molecule has 1 fully saturated rings. The van der Waals surface area contributed by atoms with Gasteiger partial charge in [0.2, 0.25) is 12.3 Å². The van der Waals surface area contributed by atoms with Crippen LogP contribution in [0.25, 0.3) is 0 Å². The second kappa shape index (κ2) is 7.31. The predicted octanol–water partition coefficient (Wildman–Crippen LogP) is 2.36. The van der Waals surface area contributed by atoms with E-state index < -0.39 is 0 Å². The Morgan fingerprint density at radius 3 is 2.62 bits per heavy atom. The summed E-state index contributed by atoms with van der Waals surface area (Å²) in [7, 11) is 0. The van der Waals surface area contributed by atoms with E-state index in [0.29, 0.717) is 23.5 Å². The first-order chi connectivity index (χ1) is 10.2. The zero-order valence-electron chi connectivity index (χ0n) is 12.1. The lowest BCUT2D eigenvalue weighted by Crippen LogP contribution is -2.48. The van der Waals surface area contributed by atoms with E-state index in [0.717, 1.165) is 38.3 Å². The van der Waals surface area contributed by atoms with Crippen LogP contribution in [0.2, 0.25) is 5.02 Å². The first kappa shape index (κ1) is 15.6. The number of nitrogens with zero attached hydrogens (tertiary/aromatic N) is 2. The summed E-state index contributed by atoms with van der Waals surface area (Å²) >= 11 is 6.27. The molecule has 6 heteroatoms. The monoisotopic (exact) mass is 309 g/mol. The van der Waals surface area contributed by atoms with Crippen LogP contribution in [0.4, 0.5) is 11.4 Å². The highest BCUT2D eigenvalue weighted by Crippen LogP contribution is 2.29. The molecule has 0 aliphatic carbocycles. The quantitative estimate of drug-likeness (QED) is 0.850. The van der Waals surface area contributed by atoms with Gasteiger partial charge in [-0.3, -0.25) is 9.59 Å². The maximum absolute atomic E-state index is 11.9. The molecule has 0 aromatic heterocycles. The van der Waals surface area contributed by atoms with E-state index in [1.54, 1.807) is 6.07 Å². The molecule has 1 saturated heterocycles. The van der Waals surface area contributed by atoms with Gasteiger partial charge in [0.05, 0.1) is 10.7 Å². The fourth-order valence-electron chi connectivity index (χ4n) is 2.49. The lowest BCUT2D eigenvalue weighted by molar-refractivity contribution is -0.131. The smallest absolute Gasteiger partial charge is 0.222 e. The van der Waals surface area contributed by atoms with Crippen LogP contribution in [-0.4, -0.2) is 43.4 Å². The zero-order valence-corrected chi connectivity index (χ0v) is 12.9. The second-order valence-electron chi connectivity index (χ2n) is 5.05. The maximum atomic E-state index is 11.9. The summed E-state index contributed by atoms with van der Waals surface area (Å²) in [5.41, 5.74) is 1.62. The number of anilines is 2. The van der Waals surface area contributed by atoms with Gasteiger partial charge in [-0.2, -0.15) is 0 Å². The van der Waals surface area contributed by atoms with Gasteiger partial charge in [-0.25, -0.2) is 0 Å². The molecule has 0 spiro atoms. The topological polar surface area (TPSA) is 52.7 Å². The van der Waals surface area contributed by atoms with Crippen molar-refractivity contribution in [2.45, 2.75) is 19.8 Å². The van der Waals surface area contributed by atoms with Crippen molar-refractivity contribution in [2.24, 2.45) is 0 Å². The Labute approximate surface area is 129 Å². The minimum absolute atomic E-state index is 0.230. The van der Waals surface area contributed by atoms with E-state index >= 15 is 0 Å². The number of halogens is 1. The number of hydrogen-bond acceptors (Lipinski definition) is 3. The molecule has 21 heavy (non-hydrogen) atoms. The maximum Gasteiger partial charge on any atom is 0.222 e. The molecule has 2 rings (SSSR count). The molecular formula is C15H20ClN3O2. The molecule has 0 radical (unpaired) electrons. The van der Waals surface area contributed by atoms with E-state index in [1.165, 1.54) is 0 Å². The van der Waals surface area contributed by atoms with Crippen LogP contribution in [0, 0.1) is 0 Å². The number of amides is 2. The minimum Gasteiger partial charge on any atom is -0.367 e. The molecule has 2 amide bonds. The predicted molar refractivity (Wildman–Crippen MR) is 84.8 cm³/mol. The highest BCUT2D eigenvalue weighted by molar-refractivity contribution is 6.33. The average Bonchev–Trinajstić information content (AvgIpc) is 2.48. The van der Waals surface area contributed by atoms with Crippen LogP contribution in [-0.2, 0) is 9.59 Å². The lowest BCUT2D eigenvalue weighted by atomic mass is 10.2. The van der Waals surface area contributed by atoms with Crippen molar-refractivity contribution in [1.82, 2.24) is 4.90 Å². The second-order valence-corrected chi connectivity index (χ2v) is 5.45. The molecule has 0 unspecified atom stereocenters. The standard InChI is InChI=1S/C15H20ClN3O2/c1-2-3-15(21)19-8-6-18(7-9-19)14-5-4-12(17-11-20)10-13(14)16/h4-5,10-11H,2-3,6-9H2,1H3,(H,17,20). The summed E-state index contributed by atoms with van der Waals surface area (Å²) in [6.45, 7) is 5.01. The van der Waals surface area contributed by atoms with Gasteiger partial charge in [0.25, 0.3) is 0 Å². The van der Waals surface area contributed by atoms with Gasteiger partial charge in [-0.15, -0.1) is 0 Å². The molecule has 0 atom stereocenters. The molecule has 1 N–H and O–H groups in total. The first-order valence-corrected chi connectivity index (χ1v) is 7.56. The third-order valence-electron chi connectivity index (χ3n) is 3.61. The van der Waals surface area contributed by atoms with Crippen molar-refractivity contribution < 1.29 is 9.59 Å². The van der Waals surface area contributed by atoms with Crippen LogP contribution < -0.4 is 10.2 Å². The number of carbonyl (C=O) groups is 2. The summed E-state index contributed by atoms with van der Waals surface area (Å²) in [6, 6.07) is 5.46. The molecular weight excluding hydrogens is 290 g/mol. The van der Waals surface area contributed by atoms with E-state index in [4.69, 9.17) is 11.6 Å². The van der Waals surface area contributed by atoms with Crippen molar-refractivity contribution in [3.8, 4) is 0 Å². The summed E-state index contributed by atoms with van der Waals surface area (Å²) < 4.78 is 0. The number of carbonyl (C=O) groups excluding carboxylic acids is 2. The minimum atomic E-state index is 0.230. The van der Waals surface area contributed by atoms with Gasteiger partial charge in [-0.05, 0) is 24.6 Å². The molecule has 1 aromatic carbocycles. The Morgan fingerprint density at radius 2 is 2.05 bits per heavy atom. The van der Waals surface area contributed by atoms with Crippen LogP contribution in [0.5, 0.6) is 0 Å². The molecule has 1 aromatic rings. The highest BCUT2D eigenvalue weighted by Gasteiger charge is 2.21. The van der Waals surface area contributed by atoms with E-state index in [-0.39, 0.29) is 5.91 Å². The van der Waals surface area contributed by atoms with Gasteiger partial charge in [0.15, 0.2) is 0 Å². The van der Waals surface area contributed by atoms with Crippen LogP contribution in [0.3, 0.4) is 0 Å². The average molecular weight is 310 g/mol. The molecule has 1 heterocycles. The van der Waals surface area contributed by atoms with Gasteiger partial charge >= 0.3 is 0 Å². The molecule has 5 nitrogen and oxygen atoms in total. The van der Waals surface area contributed by atoms with Crippen molar-refractivity contribution >= 4 is 35.3 Å². The van der Waals surface area contributed by atoms with Crippen LogP contribution in [0.15, 0.2) is 18.2 Å². The van der Waals surface area contributed by atoms with Gasteiger partial charge < -0.3 is 15.1 Å². The number of benzene rings is 1. The van der Waals surface area contributed by atoms with E-state index in [1.807, 2.05) is 24.0 Å². The van der Waals surface area contributed by atoms with E-state index in [9.17, 15) is 9.59 Å². The Balaban J connectivity index is 1.99. The normalized spacial score (nSPS) is 15.0. The van der Waals surface area contributed by atoms with Gasteiger partial charge in [-0.1, -0.05) is 18.5 Å². The van der Waals surface area contributed by atoms with Gasteiger partial charge in [0, 0.05) is 38.3 Å². The number of piperazine rings is 1. The Morgan fingerprint density at radius 1 is 1.33 bits per heavy atom. The number of hydrogen-bond donors (Lipinski definition) is 1. The fourth-order valence-corrected chi connectivity index (χ4v) is 2.79. The summed E-state index contributed by atoms with van der Waals surface area (Å²) in [6.07, 6.45) is 2.13. The van der Waals surface area contributed by atoms with Crippen LogP contribution >= 0.6 is 11.6 Å². The fraction of sp³-hybridized carbons (Fsp3) is 0.467. The molecule has 1 aliphatic heterocycles. The van der Waals surface area contributed by atoms with Crippen molar-refractivity contribution in [3.05, 3.63) is 23.2 Å². The molecule has 0 saturated carbocycles. The molecule has 1 aliphatic rings. The summed E-state index contributed by atoms with van der Waals surface area (Å²) in [4.78, 5) is 26.4. The van der Waals surface area contributed by atoms with E-state index in [2.05, 4.69) is 10.2 Å². The zero-order chi connectivity index (χ0) is 15.2. The Kier molecular flexibility index (Phi) is 5.44. The Bertz CT molecular complexity index is 514. The van der Waals surface area contributed by atoms with Crippen molar-refractivity contribution in [2.75, 3.05) is 36.4 Å². The summed E-state index contributed by atoms with van der Waals surface area (Å²) in [5, 5.41) is 3.18. The third kappa shape index (κ3) is 3.88. The molecule has 114 valence electrons. The number of rotatable bonds is 5. The number of nitrogens with one attached hydrogen (secondary N) is 1. The largest absolute Gasteiger partial charge is 0.367 e. The third-order valence-corrected chi connectivity index (χ3v) is 3.91. The molecule has 0 bridgehead atoms. The lowest BCUT2D eigenvalue weighted by Gasteiger charge is -2.36. The first-order valence-electron chi connectivity index (χ1n) is 7.18. The van der Waals surface area contributed by atoms with Crippen molar-refractivity contribution in [3.63, 3.8) is 0 Å². The van der Waals surface area contributed by atoms with Crippen molar-refractivity contribution in [1.29, 1.82) is 0 Å². The van der Waals surface area contributed by atoms with Crippen LogP contribution in [0.1, 0.15) is 19.8 Å². The SMILES string of the molecule is CCCC(=O)N1CCN(c2ccc(NC=O)cc2Cl)CC1.